The Bertz CT molecular complexity index is 331. The van der Waals surface area contributed by atoms with E-state index < -0.39 is 6.04 Å². The molecule has 108 valence electrons. The smallest absolute Gasteiger partial charge is 0.236 e. The maximum Gasteiger partial charge on any atom is 0.236 e. The summed E-state index contributed by atoms with van der Waals surface area (Å²) >= 11 is 0. The Labute approximate surface area is 112 Å². The van der Waals surface area contributed by atoms with Gasteiger partial charge in [0.15, 0.2) is 0 Å². The van der Waals surface area contributed by atoms with Crippen LogP contribution in [-0.4, -0.2) is 68.2 Å². The van der Waals surface area contributed by atoms with E-state index in [1.807, 2.05) is 4.90 Å². The van der Waals surface area contributed by atoms with E-state index in [2.05, 4.69) is 10.6 Å². The summed E-state index contributed by atoms with van der Waals surface area (Å²) in [5.74, 6) is -0.425. The average Bonchev–Trinajstić information content (AvgIpc) is 2.40. The van der Waals surface area contributed by atoms with E-state index in [1.165, 1.54) is 0 Å². The second-order valence-electron chi connectivity index (χ2n) is 5.05. The number of amides is 2. The Morgan fingerprint density at radius 2 is 2.11 bits per heavy atom. The van der Waals surface area contributed by atoms with E-state index in [1.54, 1.807) is 0 Å². The highest BCUT2D eigenvalue weighted by Gasteiger charge is 2.28. The van der Waals surface area contributed by atoms with Crippen molar-refractivity contribution in [3.63, 3.8) is 0 Å². The molecule has 2 fully saturated rings. The van der Waals surface area contributed by atoms with Gasteiger partial charge >= 0.3 is 0 Å². The molecule has 1 atom stereocenters. The van der Waals surface area contributed by atoms with Gasteiger partial charge in [-0.05, 0) is 12.8 Å². The number of hydrogen-bond acceptors (Lipinski definition) is 5. The molecule has 0 aromatic rings. The molecule has 4 N–H and O–H groups in total. The molecule has 2 saturated heterocycles. The third-order valence-corrected chi connectivity index (χ3v) is 3.62. The molecular formula is C12H22N4O3. The van der Waals surface area contributed by atoms with Crippen molar-refractivity contribution in [1.82, 2.24) is 15.5 Å². The van der Waals surface area contributed by atoms with E-state index >= 15 is 0 Å². The fourth-order valence-electron chi connectivity index (χ4n) is 2.52. The quantitative estimate of drug-likeness (QED) is 0.551. The van der Waals surface area contributed by atoms with Gasteiger partial charge in [-0.2, -0.15) is 0 Å². The normalized spacial score (nSPS) is 26.0. The fourth-order valence-corrected chi connectivity index (χ4v) is 2.52. The molecule has 2 amide bonds. The molecule has 0 spiro atoms. The molecule has 7 heteroatoms. The van der Waals surface area contributed by atoms with Gasteiger partial charge in [0, 0.05) is 38.9 Å². The van der Waals surface area contributed by atoms with Crippen LogP contribution in [0.3, 0.4) is 0 Å². The zero-order valence-corrected chi connectivity index (χ0v) is 11.1. The van der Waals surface area contributed by atoms with Crippen LogP contribution in [0, 0.1) is 0 Å². The lowest BCUT2D eigenvalue weighted by Crippen LogP contribution is -2.59. The van der Waals surface area contributed by atoms with E-state index in [4.69, 9.17) is 10.5 Å². The molecule has 2 heterocycles. The average molecular weight is 270 g/mol. The van der Waals surface area contributed by atoms with Crippen LogP contribution in [0.25, 0.3) is 0 Å². The van der Waals surface area contributed by atoms with Crippen molar-refractivity contribution in [1.29, 1.82) is 0 Å². The third kappa shape index (κ3) is 4.15. The second-order valence-corrected chi connectivity index (χ2v) is 5.05. The zero-order valence-electron chi connectivity index (χ0n) is 11.1. The number of primary amides is 1. The van der Waals surface area contributed by atoms with Crippen molar-refractivity contribution in [2.75, 3.05) is 39.4 Å². The highest BCUT2D eigenvalue weighted by atomic mass is 16.5. The monoisotopic (exact) mass is 270 g/mol. The van der Waals surface area contributed by atoms with E-state index in [0.717, 1.165) is 19.4 Å². The predicted octanol–water partition coefficient (Wildman–Crippen LogP) is -1.96. The summed E-state index contributed by atoms with van der Waals surface area (Å²) < 4.78 is 5.25. The van der Waals surface area contributed by atoms with Crippen molar-refractivity contribution in [2.45, 2.75) is 24.9 Å². The number of nitrogens with two attached hydrogens (primary N) is 1. The van der Waals surface area contributed by atoms with Crippen molar-refractivity contribution in [3.05, 3.63) is 0 Å². The molecule has 0 radical (unpaired) electrons. The van der Waals surface area contributed by atoms with Crippen molar-refractivity contribution >= 4 is 11.8 Å². The van der Waals surface area contributed by atoms with Crippen LogP contribution in [0.15, 0.2) is 0 Å². The van der Waals surface area contributed by atoms with Crippen LogP contribution in [0.4, 0.5) is 0 Å². The van der Waals surface area contributed by atoms with Crippen molar-refractivity contribution in [3.8, 4) is 0 Å². The molecule has 0 bridgehead atoms. The molecule has 2 aliphatic heterocycles. The summed E-state index contributed by atoms with van der Waals surface area (Å²) in [4.78, 5) is 25.2. The Hall–Kier alpha value is -1.18. The van der Waals surface area contributed by atoms with Crippen LogP contribution >= 0.6 is 0 Å². The summed E-state index contributed by atoms with van der Waals surface area (Å²) in [5.41, 5.74) is 5.35. The van der Waals surface area contributed by atoms with Crippen LogP contribution in [0.5, 0.6) is 0 Å². The van der Waals surface area contributed by atoms with Gasteiger partial charge in [0.25, 0.3) is 0 Å². The van der Waals surface area contributed by atoms with Gasteiger partial charge in [0.05, 0.1) is 6.54 Å². The number of nitrogens with zero attached hydrogens (tertiary/aromatic N) is 1. The molecule has 1 unspecified atom stereocenters. The van der Waals surface area contributed by atoms with E-state index in [-0.39, 0.29) is 24.4 Å². The number of nitrogens with one attached hydrogen (secondary N) is 2. The maximum atomic E-state index is 12.0. The van der Waals surface area contributed by atoms with Gasteiger partial charge in [0.2, 0.25) is 11.8 Å². The minimum absolute atomic E-state index is 0.0416. The number of piperazine rings is 1. The summed E-state index contributed by atoms with van der Waals surface area (Å²) in [6, 6.07) is -0.203. The molecule has 2 rings (SSSR count). The number of carbonyl (C=O) groups excluding carboxylic acids is 2. The minimum atomic E-state index is -0.394. The van der Waals surface area contributed by atoms with Crippen molar-refractivity contribution in [2.24, 2.45) is 5.73 Å². The Morgan fingerprint density at radius 1 is 1.37 bits per heavy atom. The summed E-state index contributed by atoms with van der Waals surface area (Å²) in [6.07, 6.45) is 1.71. The van der Waals surface area contributed by atoms with Gasteiger partial charge in [0.1, 0.15) is 6.04 Å². The van der Waals surface area contributed by atoms with Crippen LogP contribution in [0.1, 0.15) is 12.8 Å². The van der Waals surface area contributed by atoms with Crippen LogP contribution in [0.2, 0.25) is 0 Å². The van der Waals surface area contributed by atoms with Gasteiger partial charge in [-0.3, -0.25) is 14.5 Å². The van der Waals surface area contributed by atoms with Crippen LogP contribution in [-0.2, 0) is 14.3 Å². The van der Waals surface area contributed by atoms with Gasteiger partial charge < -0.3 is 21.1 Å². The summed E-state index contributed by atoms with van der Waals surface area (Å²) in [7, 11) is 0. The van der Waals surface area contributed by atoms with Crippen molar-refractivity contribution < 1.29 is 14.3 Å². The Kier molecular flexibility index (Phi) is 5.12. The lowest BCUT2D eigenvalue weighted by atomic mass is 10.1. The number of rotatable bonds is 4. The Morgan fingerprint density at radius 3 is 2.79 bits per heavy atom. The largest absolute Gasteiger partial charge is 0.381 e. The van der Waals surface area contributed by atoms with Crippen LogP contribution < -0.4 is 16.4 Å². The molecule has 19 heavy (non-hydrogen) atoms. The van der Waals surface area contributed by atoms with E-state index in [9.17, 15) is 9.59 Å². The third-order valence-electron chi connectivity index (χ3n) is 3.62. The standard InChI is InChI=1S/C12H22N4O3/c13-12(18)10-7-14-3-4-16(10)8-11(17)15-9-1-5-19-6-2-9/h9-10,14H,1-8H2,(H2,13,18)(H,15,17). The summed E-state index contributed by atoms with van der Waals surface area (Å²) in [5, 5.41) is 6.10. The number of carbonyl (C=O) groups is 2. The molecule has 0 aromatic carbocycles. The lowest BCUT2D eigenvalue weighted by molar-refractivity contribution is -0.128. The first-order valence-electron chi connectivity index (χ1n) is 6.78. The predicted molar refractivity (Wildman–Crippen MR) is 69.4 cm³/mol. The van der Waals surface area contributed by atoms with Gasteiger partial charge in [-0.25, -0.2) is 0 Å². The SMILES string of the molecule is NC(=O)C1CNCCN1CC(=O)NC1CCOCC1. The zero-order chi connectivity index (χ0) is 13.7. The lowest BCUT2D eigenvalue weighted by Gasteiger charge is -2.34. The fraction of sp³-hybridized carbons (Fsp3) is 0.833. The Balaban J connectivity index is 1.80. The first-order valence-corrected chi connectivity index (χ1v) is 6.78. The van der Waals surface area contributed by atoms with E-state index in [0.29, 0.717) is 26.3 Å². The molecular weight excluding hydrogens is 248 g/mol. The first kappa shape index (κ1) is 14.2. The first-order chi connectivity index (χ1) is 9.16. The topological polar surface area (TPSA) is 96.7 Å². The minimum Gasteiger partial charge on any atom is -0.381 e. The number of ether oxygens (including phenoxy) is 1. The second kappa shape index (κ2) is 6.83. The molecule has 0 aromatic heterocycles. The van der Waals surface area contributed by atoms with Gasteiger partial charge in [-0.1, -0.05) is 0 Å². The summed E-state index contributed by atoms with van der Waals surface area (Å²) in [6.45, 7) is 3.57. The molecule has 7 nitrogen and oxygen atoms in total. The molecule has 0 aliphatic carbocycles. The molecule has 2 aliphatic rings. The van der Waals surface area contributed by atoms with Gasteiger partial charge in [-0.15, -0.1) is 0 Å². The number of hydrogen-bond donors (Lipinski definition) is 3. The maximum absolute atomic E-state index is 12.0. The molecule has 0 saturated carbocycles. The highest BCUT2D eigenvalue weighted by molar-refractivity contribution is 5.82. The highest BCUT2D eigenvalue weighted by Crippen LogP contribution is 2.07.